The normalized spacial score (nSPS) is 11.6. The van der Waals surface area contributed by atoms with Gasteiger partial charge in [-0.3, -0.25) is 0 Å². The molecule has 0 heterocycles. The Morgan fingerprint density at radius 1 is 0.857 bits per heavy atom. The molecule has 2 rings (SSSR count). The molecule has 0 nitrogen and oxygen atoms in total. The van der Waals surface area contributed by atoms with E-state index in [4.69, 9.17) is 23.2 Å². The molecule has 0 aliphatic carbocycles. The van der Waals surface area contributed by atoms with Crippen LogP contribution in [-0.4, -0.2) is 10.7 Å². The van der Waals surface area contributed by atoms with Gasteiger partial charge in [0.1, 0.15) is 0 Å². The lowest BCUT2D eigenvalue weighted by Gasteiger charge is -2.31. The van der Waals surface area contributed by atoms with Gasteiger partial charge in [-0.05, 0) is 41.5 Å². The summed E-state index contributed by atoms with van der Waals surface area (Å²) >= 11 is 19.7. The number of hydrogen-bond acceptors (Lipinski definition) is 0. The summed E-state index contributed by atoms with van der Waals surface area (Å²) in [4.78, 5) is 0. The van der Waals surface area contributed by atoms with Gasteiger partial charge in [-0.25, -0.2) is 0 Å². The Labute approximate surface area is 153 Å². The molecule has 0 aromatic heterocycles. The highest BCUT2D eigenvalue weighted by atomic mass is 79.9. The van der Waals surface area contributed by atoms with Crippen molar-refractivity contribution < 1.29 is 0 Å². The highest BCUT2D eigenvalue weighted by Crippen LogP contribution is 2.35. The highest BCUT2D eigenvalue weighted by molar-refractivity contribution is 9.09. The molecule has 4 heteroatoms. The Balaban J connectivity index is 2.25. The van der Waals surface area contributed by atoms with E-state index in [1.807, 2.05) is 24.3 Å². The van der Waals surface area contributed by atoms with Gasteiger partial charge in [0, 0.05) is 20.7 Å². The smallest absolute Gasteiger partial charge is 0.0453 e. The monoisotopic (exact) mass is 448 g/mol. The van der Waals surface area contributed by atoms with Crippen molar-refractivity contribution in [1.82, 2.24) is 0 Å². The average molecular weight is 451 g/mol. The number of benzene rings is 2. The van der Waals surface area contributed by atoms with E-state index in [0.29, 0.717) is 5.02 Å². The third-order valence-corrected chi connectivity index (χ3v) is 6.54. The van der Waals surface area contributed by atoms with Gasteiger partial charge >= 0.3 is 0 Å². The summed E-state index contributed by atoms with van der Waals surface area (Å²) in [6, 6.07) is 16.3. The Hall–Kier alpha value is -0.0200. The maximum Gasteiger partial charge on any atom is 0.0453 e. The summed E-state index contributed by atoms with van der Waals surface area (Å²) in [5.74, 6) is 0. The lowest BCUT2D eigenvalue weighted by molar-refractivity contribution is 0.386. The first-order valence-corrected chi connectivity index (χ1v) is 9.68. The Bertz CT molecular complexity index is 581. The van der Waals surface area contributed by atoms with E-state index < -0.39 is 0 Å². The molecule has 2 aromatic carbocycles. The van der Waals surface area contributed by atoms with Crippen molar-refractivity contribution in [2.75, 3.05) is 10.7 Å². The zero-order chi connectivity index (χ0) is 15.3. The third kappa shape index (κ3) is 4.72. The summed E-state index contributed by atoms with van der Waals surface area (Å²) < 4.78 is 0. The van der Waals surface area contributed by atoms with Crippen LogP contribution in [0.1, 0.15) is 11.1 Å². The van der Waals surface area contributed by atoms with Crippen molar-refractivity contribution in [2.45, 2.75) is 12.8 Å². The lowest BCUT2D eigenvalue weighted by Crippen LogP contribution is -2.30. The molecule has 0 aliphatic rings. The largest absolute Gasteiger partial charge is 0.0921 e. The van der Waals surface area contributed by atoms with Crippen molar-refractivity contribution in [3.63, 3.8) is 0 Å². The van der Waals surface area contributed by atoms with E-state index in [9.17, 15) is 0 Å². The average Bonchev–Trinajstić information content (AvgIpc) is 2.50. The molecule has 112 valence electrons. The second-order valence-corrected chi connectivity index (χ2v) is 7.31. The van der Waals surface area contributed by atoms with Gasteiger partial charge in [0.05, 0.1) is 0 Å². The van der Waals surface area contributed by atoms with Gasteiger partial charge in [0.2, 0.25) is 0 Å². The zero-order valence-electron chi connectivity index (χ0n) is 11.5. The fourth-order valence-corrected chi connectivity index (χ4v) is 4.58. The second-order valence-electron chi connectivity index (χ2n) is 5.34. The Morgan fingerprint density at radius 2 is 1.52 bits per heavy atom. The molecule has 0 saturated heterocycles. The first kappa shape index (κ1) is 17.3. The molecule has 0 saturated carbocycles. The predicted molar refractivity (Wildman–Crippen MR) is 100 cm³/mol. The van der Waals surface area contributed by atoms with E-state index in [1.165, 1.54) is 5.56 Å². The predicted octanol–water partition coefficient (Wildman–Crippen LogP) is 6.55. The van der Waals surface area contributed by atoms with E-state index in [1.54, 1.807) is 0 Å². The molecule has 0 unspecified atom stereocenters. The molecule has 0 radical (unpaired) electrons. The first-order chi connectivity index (χ1) is 10.1. The number of hydrogen-bond donors (Lipinski definition) is 0. The Kier molecular flexibility index (Phi) is 6.61. The van der Waals surface area contributed by atoms with Crippen molar-refractivity contribution >= 4 is 55.1 Å². The molecule has 0 bridgehead atoms. The van der Waals surface area contributed by atoms with E-state index in [0.717, 1.165) is 34.1 Å². The van der Waals surface area contributed by atoms with Crippen molar-refractivity contribution in [2.24, 2.45) is 5.41 Å². The van der Waals surface area contributed by atoms with Gasteiger partial charge in [-0.1, -0.05) is 91.5 Å². The molecule has 0 amide bonds. The SMILES string of the molecule is Clc1ccc(CC(CBr)(CBr)Cc2ccccc2)c(Cl)c1. The summed E-state index contributed by atoms with van der Waals surface area (Å²) in [6.45, 7) is 0. The van der Waals surface area contributed by atoms with Crippen LogP contribution in [0.15, 0.2) is 48.5 Å². The summed E-state index contributed by atoms with van der Waals surface area (Å²) in [5.41, 5.74) is 2.55. The summed E-state index contributed by atoms with van der Waals surface area (Å²) in [5, 5.41) is 3.22. The third-order valence-electron chi connectivity index (χ3n) is 3.57. The van der Waals surface area contributed by atoms with Gasteiger partial charge in [0.25, 0.3) is 0 Å². The number of halogens is 4. The quantitative estimate of drug-likeness (QED) is 0.437. The highest BCUT2D eigenvalue weighted by Gasteiger charge is 2.29. The van der Waals surface area contributed by atoms with Crippen molar-refractivity contribution in [3.8, 4) is 0 Å². The van der Waals surface area contributed by atoms with Crippen molar-refractivity contribution in [3.05, 3.63) is 69.7 Å². The van der Waals surface area contributed by atoms with Crippen LogP contribution in [0.2, 0.25) is 10.0 Å². The first-order valence-electron chi connectivity index (χ1n) is 6.68. The van der Waals surface area contributed by atoms with Gasteiger partial charge in [-0.2, -0.15) is 0 Å². The molecular weight excluding hydrogens is 435 g/mol. The number of alkyl halides is 2. The molecule has 2 aromatic rings. The van der Waals surface area contributed by atoms with Crippen LogP contribution in [0.4, 0.5) is 0 Å². The van der Waals surface area contributed by atoms with Crippen LogP contribution in [0.5, 0.6) is 0 Å². The standard InChI is InChI=1S/C17H16Br2Cl2/c18-11-17(12-19,9-13-4-2-1-3-5-13)10-14-6-7-15(20)8-16(14)21/h1-8H,9-12H2. The topological polar surface area (TPSA) is 0 Å². The van der Waals surface area contributed by atoms with E-state index in [2.05, 4.69) is 56.1 Å². The fourth-order valence-electron chi connectivity index (χ4n) is 2.39. The minimum Gasteiger partial charge on any atom is -0.0921 e. The maximum atomic E-state index is 6.34. The minimum atomic E-state index is 0.0822. The van der Waals surface area contributed by atoms with Crippen LogP contribution >= 0.6 is 55.1 Å². The van der Waals surface area contributed by atoms with Crippen LogP contribution in [0.25, 0.3) is 0 Å². The maximum absolute atomic E-state index is 6.34. The summed E-state index contributed by atoms with van der Waals surface area (Å²) in [6.07, 6.45) is 1.89. The van der Waals surface area contributed by atoms with Crippen LogP contribution < -0.4 is 0 Å². The summed E-state index contributed by atoms with van der Waals surface area (Å²) in [7, 11) is 0. The van der Waals surface area contributed by atoms with Gasteiger partial charge in [0.15, 0.2) is 0 Å². The molecule has 21 heavy (non-hydrogen) atoms. The lowest BCUT2D eigenvalue weighted by atomic mass is 9.80. The molecular formula is C17H16Br2Cl2. The van der Waals surface area contributed by atoms with Gasteiger partial charge < -0.3 is 0 Å². The van der Waals surface area contributed by atoms with Crippen LogP contribution in [0, 0.1) is 5.41 Å². The fraction of sp³-hybridized carbons (Fsp3) is 0.294. The minimum absolute atomic E-state index is 0.0822. The van der Waals surface area contributed by atoms with Gasteiger partial charge in [-0.15, -0.1) is 0 Å². The number of rotatable bonds is 6. The molecule has 0 N–H and O–H groups in total. The van der Waals surface area contributed by atoms with E-state index >= 15 is 0 Å². The van der Waals surface area contributed by atoms with E-state index in [-0.39, 0.29) is 5.41 Å². The van der Waals surface area contributed by atoms with Crippen molar-refractivity contribution in [1.29, 1.82) is 0 Å². The molecule has 0 spiro atoms. The zero-order valence-corrected chi connectivity index (χ0v) is 16.1. The Morgan fingerprint density at radius 3 is 2.10 bits per heavy atom. The molecule has 0 aliphatic heterocycles. The molecule has 0 fully saturated rings. The molecule has 0 atom stereocenters. The van der Waals surface area contributed by atoms with Crippen LogP contribution in [-0.2, 0) is 12.8 Å². The van der Waals surface area contributed by atoms with Crippen LogP contribution in [0.3, 0.4) is 0 Å². The second kappa shape index (κ2) is 8.01.